The number of hydrogen-bond donors (Lipinski definition) is 1. The molecule has 0 radical (unpaired) electrons. The lowest BCUT2D eigenvalue weighted by molar-refractivity contribution is 0.137. The van der Waals surface area contributed by atoms with Crippen LogP contribution in [0.5, 0.6) is 0 Å². The Balaban J connectivity index is 2.41. The van der Waals surface area contributed by atoms with Crippen LogP contribution in [0.2, 0.25) is 0 Å². The Morgan fingerprint density at radius 2 is 1.82 bits per heavy atom. The first-order valence-corrected chi connectivity index (χ1v) is 7.89. The van der Waals surface area contributed by atoms with E-state index >= 15 is 0 Å². The highest BCUT2D eigenvalue weighted by molar-refractivity contribution is 4.82. The number of rotatable bonds is 7. The van der Waals surface area contributed by atoms with E-state index in [0.29, 0.717) is 0 Å². The maximum atomic E-state index is 3.64. The fourth-order valence-electron chi connectivity index (χ4n) is 3.43. The third kappa shape index (κ3) is 4.99. The van der Waals surface area contributed by atoms with Crippen molar-refractivity contribution in [3.05, 3.63) is 0 Å². The lowest BCUT2D eigenvalue weighted by atomic mass is 9.69. The van der Waals surface area contributed by atoms with Crippen LogP contribution in [0.3, 0.4) is 0 Å². The quantitative estimate of drug-likeness (QED) is 0.646. The molecule has 0 saturated heterocycles. The summed E-state index contributed by atoms with van der Waals surface area (Å²) in [6, 6.07) is 0. The van der Waals surface area contributed by atoms with E-state index in [-0.39, 0.29) is 0 Å². The molecule has 0 bridgehead atoms. The minimum atomic E-state index is 0.888. The summed E-state index contributed by atoms with van der Waals surface area (Å²) in [5.74, 6) is 3.83. The van der Waals surface area contributed by atoms with Gasteiger partial charge < -0.3 is 5.32 Å². The van der Waals surface area contributed by atoms with Gasteiger partial charge in [0.1, 0.15) is 0 Å². The van der Waals surface area contributed by atoms with E-state index in [1.54, 1.807) is 0 Å². The molecule has 1 heteroatoms. The predicted molar refractivity (Wildman–Crippen MR) is 77.2 cm³/mol. The van der Waals surface area contributed by atoms with Crippen molar-refractivity contribution in [2.75, 3.05) is 13.1 Å². The summed E-state index contributed by atoms with van der Waals surface area (Å²) in [6.07, 6.45) is 8.49. The van der Waals surface area contributed by atoms with Gasteiger partial charge in [0.2, 0.25) is 0 Å². The molecule has 102 valence electrons. The third-order valence-electron chi connectivity index (χ3n) is 4.62. The second-order valence-corrected chi connectivity index (χ2v) is 6.33. The zero-order chi connectivity index (χ0) is 12.7. The summed E-state index contributed by atoms with van der Waals surface area (Å²) < 4.78 is 0. The molecule has 0 aromatic carbocycles. The molecule has 1 aliphatic carbocycles. The second-order valence-electron chi connectivity index (χ2n) is 6.33. The van der Waals surface area contributed by atoms with Gasteiger partial charge in [-0.15, -0.1) is 0 Å². The van der Waals surface area contributed by atoms with E-state index in [1.807, 2.05) is 0 Å². The molecule has 17 heavy (non-hydrogen) atoms. The Bertz CT molecular complexity index is 188. The van der Waals surface area contributed by atoms with Crippen molar-refractivity contribution in [3.8, 4) is 0 Å². The van der Waals surface area contributed by atoms with Gasteiger partial charge in [0.05, 0.1) is 0 Å². The molecule has 0 amide bonds. The highest BCUT2D eigenvalue weighted by Crippen LogP contribution is 2.39. The summed E-state index contributed by atoms with van der Waals surface area (Å²) in [5, 5.41) is 3.64. The molecule has 1 aliphatic rings. The maximum Gasteiger partial charge on any atom is -0.00179 e. The average Bonchev–Trinajstić information content (AvgIpc) is 2.31. The van der Waals surface area contributed by atoms with Crippen LogP contribution in [0.25, 0.3) is 0 Å². The monoisotopic (exact) mass is 239 g/mol. The highest BCUT2D eigenvalue weighted by atomic mass is 14.9. The van der Waals surface area contributed by atoms with E-state index in [9.17, 15) is 0 Å². The van der Waals surface area contributed by atoms with Gasteiger partial charge in [-0.2, -0.15) is 0 Å². The SMILES string of the molecule is CCCNCC1CCC(C(C)C)CC1CCC. The molecule has 1 rings (SSSR count). The summed E-state index contributed by atoms with van der Waals surface area (Å²) in [6.45, 7) is 11.9. The molecule has 0 heterocycles. The van der Waals surface area contributed by atoms with Gasteiger partial charge in [0, 0.05) is 0 Å². The van der Waals surface area contributed by atoms with Crippen LogP contribution >= 0.6 is 0 Å². The van der Waals surface area contributed by atoms with Crippen LogP contribution in [0.4, 0.5) is 0 Å². The van der Waals surface area contributed by atoms with Gasteiger partial charge in [-0.25, -0.2) is 0 Å². The molecular weight excluding hydrogens is 206 g/mol. The lowest BCUT2D eigenvalue weighted by Gasteiger charge is -2.38. The average molecular weight is 239 g/mol. The molecule has 1 saturated carbocycles. The fraction of sp³-hybridized carbons (Fsp3) is 1.00. The van der Waals surface area contributed by atoms with Crippen LogP contribution in [-0.4, -0.2) is 13.1 Å². The molecule has 0 aliphatic heterocycles. The Morgan fingerprint density at radius 1 is 1.06 bits per heavy atom. The minimum Gasteiger partial charge on any atom is -0.316 e. The molecule has 1 N–H and O–H groups in total. The van der Waals surface area contributed by atoms with Crippen LogP contribution in [0.15, 0.2) is 0 Å². The van der Waals surface area contributed by atoms with Crippen molar-refractivity contribution in [1.82, 2.24) is 5.32 Å². The molecular formula is C16H33N. The molecule has 1 nitrogen and oxygen atoms in total. The van der Waals surface area contributed by atoms with Crippen molar-refractivity contribution >= 4 is 0 Å². The van der Waals surface area contributed by atoms with Gasteiger partial charge >= 0.3 is 0 Å². The smallest absolute Gasteiger partial charge is 0.00179 e. The van der Waals surface area contributed by atoms with E-state index in [1.165, 1.54) is 51.6 Å². The highest BCUT2D eigenvalue weighted by Gasteiger charge is 2.30. The van der Waals surface area contributed by atoms with Crippen LogP contribution < -0.4 is 5.32 Å². The molecule has 0 aromatic heterocycles. The van der Waals surface area contributed by atoms with Crippen molar-refractivity contribution in [2.24, 2.45) is 23.7 Å². The van der Waals surface area contributed by atoms with E-state index in [2.05, 4.69) is 33.0 Å². The van der Waals surface area contributed by atoms with Crippen molar-refractivity contribution < 1.29 is 0 Å². The van der Waals surface area contributed by atoms with Gasteiger partial charge in [-0.1, -0.05) is 40.5 Å². The second kappa shape index (κ2) is 8.13. The van der Waals surface area contributed by atoms with Gasteiger partial charge in [0.25, 0.3) is 0 Å². The van der Waals surface area contributed by atoms with Crippen molar-refractivity contribution in [1.29, 1.82) is 0 Å². The fourth-order valence-corrected chi connectivity index (χ4v) is 3.43. The summed E-state index contributed by atoms with van der Waals surface area (Å²) in [7, 11) is 0. The largest absolute Gasteiger partial charge is 0.316 e. The Kier molecular flexibility index (Phi) is 7.18. The first kappa shape index (κ1) is 15.0. The molecule has 0 aromatic rings. The first-order chi connectivity index (χ1) is 8.19. The van der Waals surface area contributed by atoms with Crippen molar-refractivity contribution in [2.45, 2.75) is 66.2 Å². The Morgan fingerprint density at radius 3 is 2.41 bits per heavy atom. The zero-order valence-corrected chi connectivity index (χ0v) is 12.5. The molecule has 3 unspecified atom stereocenters. The third-order valence-corrected chi connectivity index (χ3v) is 4.62. The van der Waals surface area contributed by atoms with E-state index in [0.717, 1.165) is 23.7 Å². The van der Waals surface area contributed by atoms with Crippen LogP contribution in [0, 0.1) is 23.7 Å². The summed E-state index contributed by atoms with van der Waals surface area (Å²) >= 11 is 0. The summed E-state index contributed by atoms with van der Waals surface area (Å²) in [5.41, 5.74) is 0. The Hall–Kier alpha value is -0.0400. The maximum absolute atomic E-state index is 3.64. The predicted octanol–water partition coefficient (Wildman–Crippen LogP) is 4.47. The normalized spacial score (nSPS) is 29.8. The van der Waals surface area contributed by atoms with E-state index in [4.69, 9.17) is 0 Å². The van der Waals surface area contributed by atoms with Gasteiger partial charge in [-0.05, 0) is 62.4 Å². The number of hydrogen-bond acceptors (Lipinski definition) is 1. The van der Waals surface area contributed by atoms with Crippen LogP contribution in [0.1, 0.15) is 66.2 Å². The molecule has 0 spiro atoms. The zero-order valence-electron chi connectivity index (χ0n) is 12.5. The standard InChI is InChI=1S/C16H33N/c1-5-7-15-11-14(13(3)4)8-9-16(15)12-17-10-6-2/h13-17H,5-12H2,1-4H3. The Labute approximate surface area is 109 Å². The van der Waals surface area contributed by atoms with Gasteiger partial charge in [0.15, 0.2) is 0 Å². The van der Waals surface area contributed by atoms with Crippen molar-refractivity contribution in [3.63, 3.8) is 0 Å². The molecule has 3 atom stereocenters. The molecule has 1 fully saturated rings. The topological polar surface area (TPSA) is 12.0 Å². The van der Waals surface area contributed by atoms with Crippen LogP contribution in [-0.2, 0) is 0 Å². The first-order valence-electron chi connectivity index (χ1n) is 7.89. The lowest BCUT2D eigenvalue weighted by Crippen LogP contribution is -2.34. The number of nitrogens with one attached hydrogen (secondary N) is 1. The van der Waals surface area contributed by atoms with Gasteiger partial charge in [-0.3, -0.25) is 0 Å². The summed E-state index contributed by atoms with van der Waals surface area (Å²) in [4.78, 5) is 0. The van der Waals surface area contributed by atoms with E-state index < -0.39 is 0 Å². The minimum absolute atomic E-state index is 0.888.